The highest BCUT2D eigenvalue weighted by Gasteiger charge is 2.22. The lowest BCUT2D eigenvalue weighted by Gasteiger charge is -2.19. The average molecular weight is 632 g/mol. The van der Waals surface area contributed by atoms with E-state index in [1.807, 2.05) is 0 Å². The molecule has 1 atom stereocenters. The zero-order valence-electron chi connectivity index (χ0n) is 25.0. The van der Waals surface area contributed by atoms with E-state index in [2.05, 4.69) is 27.0 Å². The second-order valence-electron chi connectivity index (χ2n) is 10.7. The molecule has 0 radical (unpaired) electrons. The van der Waals surface area contributed by atoms with Gasteiger partial charge in [0.15, 0.2) is 0 Å². The van der Waals surface area contributed by atoms with Crippen LogP contribution >= 0.6 is 11.6 Å². The van der Waals surface area contributed by atoms with E-state index in [-0.39, 0.29) is 24.4 Å². The fourth-order valence-electron chi connectivity index (χ4n) is 5.10. The second kappa shape index (κ2) is 15.5. The third kappa shape index (κ3) is 8.60. The molecule has 2 fully saturated rings. The van der Waals surface area contributed by atoms with E-state index in [1.54, 1.807) is 49.4 Å². The van der Waals surface area contributed by atoms with E-state index in [1.165, 1.54) is 18.3 Å². The molecule has 2 saturated heterocycles. The molecule has 3 N–H and O–H groups in total. The zero-order chi connectivity index (χ0) is 31.6. The molecule has 0 spiro atoms. The summed E-state index contributed by atoms with van der Waals surface area (Å²) in [7, 11) is 0. The molecule has 45 heavy (non-hydrogen) atoms. The number of hydrogen-bond donors (Lipinski definition) is 3. The summed E-state index contributed by atoms with van der Waals surface area (Å²) >= 11 is 6.52. The van der Waals surface area contributed by atoms with Crippen LogP contribution in [0.4, 0.5) is 21.5 Å². The Labute approximate surface area is 266 Å². The van der Waals surface area contributed by atoms with Crippen LogP contribution in [0.2, 0.25) is 5.02 Å². The molecule has 234 valence electrons. The number of allylic oxidation sites excluding steroid dienone is 3. The molecule has 5 rings (SSSR count). The van der Waals surface area contributed by atoms with Gasteiger partial charge < -0.3 is 30.2 Å². The van der Waals surface area contributed by atoms with Gasteiger partial charge in [-0.25, -0.2) is 4.39 Å². The molecule has 1 unspecified atom stereocenters. The fraction of sp³-hybridized carbons (Fsp3) is 0.324. The smallest absolute Gasteiger partial charge is 0.248 e. The van der Waals surface area contributed by atoms with Crippen molar-refractivity contribution < 1.29 is 23.4 Å². The number of anilines is 3. The summed E-state index contributed by atoms with van der Waals surface area (Å²) in [6.45, 7) is 4.75. The lowest BCUT2D eigenvalue weighted by Crippen LogP contribution is -2.24. The Kier molecular flexibility index (Phi) is 11.0. The van der Waals surface area contributed by atoms with Crippen LogP contribution in [-0.2, 0) is 9.53 Å². The van der Waals surface area contributed by atoms with E-state index in [0.29, 0.717) is 69.7 Å². The number of benzene rings is 2. The largest absolute Gasteiger partial charge is 0.492 e. The van der Waals surface area contributed by atoms with E-state index < -0.39 is 0 Å². The Hall–Kier alpha value is -4.43. The standard InChI is InChI=1S/C34H35ClFN5O4/c1-2-4-24(36)5-3-13-44-31-7-6-25(16-28(31)35)40-34-23(19-37)20-39-29-18-32(45-26-10-14-43-21-26)30(17-27(29)34)41-33(42)15-22-8-11-38-12-9-22/h2,4-7,15-18,20,26,38H,3,8-14,21H2,1H3,(H,39,40)(H,41,42)/b4-2-,24-5+. The van der Waals surface area contributed by atoms with Crippen molar-refractivity contribution in [3.8, 4) is 17.6 Å². The molecule has 2 aliphatic heterocycles. The first-order valence-electron chi connectivity index (χ1n) is 14.9. The number of ether oxygens (including phenoxy) is 3. The number of pyridine rings is 1. The maximum atomic E-state index is 13.6. The highest BCUT2D eigenvalue weighted by atomic mass is 35.5. The molecular weight excluding hydrogens is 597 g/mol. The molecular formula is C34H35ClFN5O4. The van der Waals surface area contributed by atoms with Crippen molar-refractivity contribution in [1.82, 2.24) is 10.3 Å². The molecule has 2 aliphatic rings. The van der Waals surface area contributed by atoms with Crippen LogP contribution < -0.4 is 25.4 Å². The Morgan fingerprint density at radius 2 is 2.11 bits per heavy atom. The van der Waals surface area contributed by atoms with E-state index >= 15 is 0 Å². The summed E-state index contributed by atoms with van der Waals surface area (Å²) in [4.78, 5) is 17.6. The normalized spacial score (nSPS) is 16.9. The number of nitrogens with zero attached hydrogens (tertiary/aromatic N) is 2. The summed E-state index contributed by atoms with van der Waals surface area (Å²) < 4.78 is 31.0. The molecule has 0 saturated carbocycles. The Morgan fingerprint density at radius 1 is 1.27 bits per heavy atom. The number of fused-ring (bicyclic) bond motifs is 1. The zero-order valence-corrected chi connectivity index (χ0v) is 25.8. The average Bonchev–Trinajstić information content (AvgIpc) is 3.54. The minimum atomic E-state index is -0.322. The van der Waals surface area contributed by atoms with E-state index in [4.69, 9.17) is 25.8 Å². The van der Waals surface area contributed by atoms with Gasteiger partial charge in [0.05, 0.1) is 47.3 Å². The number of hydrogen-bond acceptors (Lipinski definition) is 8. The van der Waals surface area contributed by atoms with Gasteiger partial charge >= 0.3 is 0 Å². The molecule has 1 aromatic heterocycles. The van der Waals surface area contributed by atoms with Crippen molar-refractivity contribution in [2.24, 2.45) is 0 Å². The molecule has 11 heteroatoms. The Bertz CT molecular complexity index is 1670. The Balaban J connectivity index is 1.43. The number of amides is 1. The summed E-state index contributed by atoms with van der Waals surface area (Å²) in [6, 6.07) is 10.9. The van der Waals surface area contributed by atoms with Crippen LogP contribution in [0.3, 0.4) is 0 Å². The van der Waals surface area contributed by atoms with Crippen LogP contribution in [0.5, 0.6) is 11.5 Å². The number of nitriles is 1. The van der Waals surface area contributed by atoms with Gasteiger partial charge in [-0.2, -0.15) is 5.26 Å². The van der Waals surface area contributed by atoms with Gasteiger partial charge in [-0.15, -0.1) is 0 Å². The van der Waals surface area contributed by atoms with Crippen molar-refractivity contribution in [3.63, 3.8) is 0 Å². The predicted octanol–water partition coefficient (Wildman–Crippen LogP) is 7.12. The number of carbonyl (C=O) groups is 1. The van der Waals surface area contributed by atoms with Crippen LogP contribution in [0, 0.1) is 11.3 Å². The van der Waals surface area contributed by atoms with Gasteiger partial charge in [-0.05, 0) is 69.3 Å². The topological polar surface area (TPSA) is 118 Å². The number of aromatic nitrogens is 1. The van der Waals surface area contributed by atoms with Crippen LogP contribution in [0.15, 0.2) is 72.2 Å². The van der Waals surface area contributed by atoms with Crippen molar-refractivity contribution >= 4 is 45.5 Å². The summed E-state index contributed by atoms with van der Waals surface area (Å²) in [5.41, 5.74) is 3.54. The maximum Gasteiger partial charge on any atom is 0.248 e. The number of rotatable bonds is 11. The number of piperidine rings is 1. The van der Waals surface area contributed by atoms with E-state index in [9.17, 15) is 14.4 Å². The quantitative estimate of drug-likeness (QED) is 0.116. The van der Waals surface area contributed by atoms with Crippen molar-refractivity contribution in [2.45, 2.75) is 38.7 Å². The molecule has 1 amide bonds. The minimum Gasteiger partial charge on any atom is -0.492 e. The van der Waals surface area contributed by atoms with E-state index in [0.717, 1.165) is 37.9 Å². The monoisotopic (exact) mass is 631 g/mol. The van der Waals surface area contributed by atoms with Crippen LogP contribution in [0.1, 0.15) is 38.2 Å². The van der Waals surface area contributed by atoms with Crippen molar-refractivity contribution in [3.05, 3.63) is 82.8 Å². The van der Waals surface area contributed by atoms with Gasteiger partial charge in [0, 0.05) is 42.3 Å². The number of nitrogens with one attached hydrogen (secondary N) is 3. The summed E-state index contributed by atoms with van der Waals surface area (Å²) in [5.74, 6) is 0.355. The second-order valence-corrected chi connectivity index (χ2v) is 11.1. The number of carbonyl (C=O) groups excluding carboxylic acids is 1. The third-order valence-corrected chi connectivity index (χ3v) is 7.65. The van der Waals surface area contributed by atoms with Crippen molar-refractivity contribution in [2.75, 3.05) is 43.5 Å². The summed E-state index contributed by atoms with van der Waals surface area (Å²) in [5, 5.41) is 20.5. The molecule has 0 aliphatic carbocycles. The van der Waals surface area contributed by atoms with Gasteiger partial charge in [0.25, 0.3) is 0 Å². The summed E-state index contributed by atoms with van der Waals surface area (Å²) in [6.07, 6.45) is 10.2. The third-order valence-electron chi connectivity index (χ3n) is 7.35. The lowest BCUT2D eigenvalue weighted by molar-refractivity contribution is -0.112. The first kappa shape index (κ1) is 32.0. The van der Waals surface area contributed by atoms with Gasteiger partial charge in [-0.1, -0.05) is 23.3 Å². The highest BCUT2D eigenvalue weighted by molar-refractivity contribution is 6.32. The maximum absolute atomic E-state index is 13.6. The molecule has 3 aromatic rings. The molecule has 9 nitrogen and oxygen atoms in total. The van der Waals surface area contributed by atoms with Crippen LogP contribution in [-0.4, -0.2) is 49.9 Å². The fourth-order valence-corrected chi connectivity index (χ4v) is 5.33. The molecule has 0 bridgehead atoms. The van der Waals surface area contributed by atoms with Gasteiger partial charge in [0.2, 0.25) is 5.91 Å². The van der Waals surface area contributed by atoms with Gasteiger partial charge in [-0.3, -0.25) is 9.78 Å². The van der Waals surface area contributed by atoms with Gasteiger partial charge in [0.1, 0.15) is 29.5 Å². The lowest BCUT2D eigenvalue weighted by atomic mass is 10.0. The van der Waals surface area contributed by atoms with Crippen molar-refractivity contribution in [1.29, 1.82) is 5.26 Å². The van der Waals surface area contributed by atoms with Crippen LogP contribution in [0.25, 0.3) is 10.9 Å². The number of halogens is 2. The first-order chi connectivity index (χ1) is 21.9. The molecule has 3 heterocycles. The SMILES string of the molecule is C/C=C\C(F)=C/CCOc1ccc(Nc2c(C#N)cnc3cc(OC4CCOC4)c(NC(=O)C=C4CCNCC4)cc23)cc1Cl. The predicted molar refractivity (Wildman–Crippen MR) is 174 cm³/mol. The molecule has 2 aromatic carbocycles. The Morgan fingerprint density at radius 3 is 2.84 bits per heavy atom. The highest BCUT2D eigenvalue weighted by Crippen LogP contribution is 2.38. The first-order valence-corrected chi connectivity index (χ1v) is 15.3. The minimum absolute atomic E-state index is 0.150.